The molecule has 30 heavy (non-hydrogen) atoms. The highest BCUT2D eigenvalue weighted by Crippen LogP contribution is 2.31. The maximum Gasteiger partial charge on any atom is 0.251 e. The second-order valence-corrected chi connectivity index (χ2v) is 9.03. The van der Waals surface area contributed by atoms with Crippen molar-refractivity contribution < 1.29 is 14.3 Å². The molecule has 2 heterocycles. The van der Waals surface area contributed by atoms with Crippen molar-refractivity contribution in [3.8, 4) is 0 Å². The number of morpholine rings is 1. The van der Waals surface area contributed by atoms with Crippen molar-refractivity contribution in [2.24, 2.45) is 17.6 Å². The van der Waals surface area contributed by atoms with Gasteiger partial charge in [0.05, 0.1) is 6.10 Å². The highest BCUT2D eigenvalue weighted by Gasteiger charge is 2.31. The van der Waals surface area contributed by atoms with E-state index in [0.29, 0.717) is 31.1 Å². The number of benzene rings is 1. The number of likely N-dealkylation sites (tertiary alicyclic amines) is 1. The molecule has 0 spiro atoms. The number of piperidine rings is 1. The van der Waals surface area contributed by atoms with Crippen LogP contribution in [-0.4, -0.2) is 73.6 Å². The van der Waals surface area contributed by atoms with Crippen LogP contribution in [-0.2, 0) is 16.1 Å². The fourth-order valence-electron chi connectivity index (χ4n) is 4.41. The average molecular weight is 415 g/mol. The van der Waals surface area contributed by atoms with Crippen LogP contribution in [0, 0.1) is 11.8 Å². The fraction of sp³-hybridized carbons (Fsp3) is 0.652. The van der Waals surface area contributed by atoms with Crippen LogP contribution < -0.4 is 11.1 Å². The molecule has 2 saturated heterocycles. The number of nitrogens with one attached hydrogen (secondary N) is 1. The Morgan fingerprint density at radius 2 is 1.77 bits per heavy atom. The van der Waals surface area contributed by atoms with E-state index in [1.165, 1.54) is 19.4 Å². The molecule has 0 aromatic heterocycles. The molecule has 3 aliphatic rings. The molecule has 7 nitrogen and oxygen atoms in total. The lowest BCUT2D eigenvalue weighted by Crippen LogP contribution is -2.52. The summed E-state index contributed by atoms with van der Waals surface area (Å²) in [4.78, 5) is 29.3. The van der Waals surface area contributed by atoms with E-state index in [1.54, 1.807) is 12.1 Å². The lowest BCUT2D eigenvalue weighted by molar-refractivity contribution is -0.149. The lowest BCUT2D eigenvalue weighted by Gasteiger charge is -2.38. The maximum absolute atomic E-state index is 12.4. The molecule has 4 rings (SSSR count). The Hall–Kier alpha value is -1.96. The molecule has 0 bridgehead atoms. The number of ether oxygens (including phenoxy) is 1. The number of hydrogen-bond donors (Lipinski definition) is 2. The normalized spacial score (nSPS) is 23.6. The number of carbonyl (C=O) groups is 2. The molecule has 7 heteroatoms. The van der Waals surface area contributed by atoms with E-state index in [9.17, 15) is 9.59 Å². The molecule has 1 aromatic carbocycles. The number of amides is 2. The van der Waals surface area contributed by atoms with Gasteiger partial charge in [-0.1, -0.05) is 12.1 Å². The highest BCUT2D eigenvalue weighted by molar-refractivity contribution is 5.94. The second kappa shape index (κ2) is 9.90. The first-order chi connectivity index (χ1) is 14.6. The largest absolute Gasteiger partial charge is 0.365 e. The average Bonchev–Trinajstić information content (AvgIpc) is 3.59. The van der Waals surface area contributed by atoms with Gasteiger partial charge in [0.25, 0.3) is 5.91 Å². The zero-order valence-electron chi connectivity index (χ0n) is 17.7. The molecule has 164 valence electrons. The van der Waals surface area contributed by atoms with Crippen LogP contribution in [0.15, 0.2) is 24.3 Å². The van der Waals surface area contributed by atoms with E-state index in [2.05, 4.69) is 10.2 Å². The monoisotopic (exact) mass is 414 g/mol. The Kier molecular flexibility index (Phi) is 7.02. The van der Waals surface area contributed by atoms with Gasteiger partial charge < -0.3 is 25.6 Å². The molecule has 1 aliphatic carbocycles. The van der Waals surface area contributed by atoms with Crippen molar-refractivity contribution >= 4 is 11.8 Å². The van der Waals surface area contributed by atoms with Gasteiger partial charge in [-0.15, -0.1) is 0 Å². The van der Waals surface area contributed by atoms with Crippen LogP contribution in [0.4, 0.5) is 0 Å². The molecule has 0 radical (unpaired) electrons. The van der Waals surface area contributed by atoms with Crippen LogP contribution in [0.25, 0.3) is 0 Å². The predicted octanol–water partition coefficient (Wildman–Crippen LogP) is 1.22. The van der Waals surface area contributed by atoms with Gasteiger partial charge in [0.15, 0.2) is 0 Å². The summed E-state index contributed by atoms with van der Waals surface area (Å²) in [5.41, 5.74) is 7.20. The Morgan fingerprint density at radius 3 is 2.43 bits per heavy atom. The first-order valence-corrected chi connectivity index (χ1v) is 11.3. The van der Waals surface area contributed by atoms with Gasteiger partial charge in [-0.2, -0.15) is 0 Å². The summed E-state index contributed by atoms with van der Waals surface area (Å²) in [6.45, 7) is 5.90. The summed E-state index contributed by atoms with van der Waals surface area (Å²) in [5.74, 6) is 1.44. The van der Waals surface area contributed by atoms with Gasteiger partial charge in [-0.25, -0.2) is 0 Å². The quantitative estimate of drug-likeness (QED) is 0.668. The zero-order valence-corrected chi connectivity index (χ0v) is 17.7. The van der Waals surface area contributed by atoms with Crippen LogP contribution in [0.2, 0.25) is 0 Å². The fourth-order valence-corrected chi connectivity index (χ4v) is 4.41. The highest BCUT2D eigenvalue weighted by atomic mass is 16.5. The minimum Gasteiger partial charge on any atom is -0.365 e. The molecule has 3 fully saturated rings. The molecule has 1 aromatic rings. The van der Waals surface area contributed by atoms with Gasteiger partial charge in [0, 0.05) is 38.3 Å². The number of nitrogens with two attached hydrogens (primary N) is 1. The van der Waals surface area contributed by atoms with E-state index in [-0.39, 0.29) is 24.5 Å². The van der Waals surface area contributed by atoms with E-state index < -0.39 is 0 Å². The number of nitrogens with zero attached hydrogens (tertiary/aromatic N) is 2. The summed E-state index contributed by atoms with van der Waals surface area (Å²) in [6.07, 6.45) is 4.97. The maximum atomic E-state index is 12.4. The van der Waals surface area contributed by atoms with E-state index in [4.69, 9.17) is 10.5 Å². The number of hydrogen-bond acceptors (Lipinski definition) is 5. The molecular formula is C23H34N4O3. The van der Waals surface area contributed by atoms with Crippen molar-refractivity contribution in [1.82, 2.24) is 15.1 Å². The lowest BCUT2D eigenvalue weighted by atomic mass is 9.95. The van der Waals surface area contributed by atoms with E-state index in [1.807, 2.05) is 17.0 Å². The Bertz CT molecular complexity index is 726. The van der Waals surface area contributed by atoms with Gasteiger partial charge in [0.2, 0.25) is 5.91 Å². The number of carbonyl (C=O) groups excluding carboxylic acids is 2. The van der Waals surface area contributed by atoms with Crippen molar-refractivity contribution in [2.45, 2.75) is 38.3 Å². The van der Waals surface area contributed by atoms with E-state index in [0.717, 1.165) is 44.0 Å². The van der Waals surface area contributed by atoms with Gasteiger partial charge >= 0.3 is 0 Å². The van der Waals surface area contributed by atoms with E-state index >= 15 is 0 Å². The Labute approximate surface area is 178 Å². The van der Waals surface area contributed by atoms with Crippen LogP contribution in [0.5, 0.6) is 0 Å². The standard InChI is InChI=1S/C23H34N4O3/c24-11-17-3-5-20(6-4-17)23(29)25-12-21-15-27(22(28)16-30-21)14-19-7-9-26(10-8-19)13-18-1-2-18/h3-6,18-19,21H,1-2,7-16,24H2,(H,25,29). The van der Waals surface area contributed by atoms with Crippen molar-refractivity contribution in [1.29, 1.82) is 0 Å². The first-order valence-electron chi connectivity index (χ1n) is 11.3. The van der Waals surface area contributed by atoms with Crippen molar-refractivity contribution in [3.63, 3.8) is 0 Å². The minimum absolute atomic E-state index is 0.0651. The van der Waals surface area contributed by atoms with Gasteiger partial charge in [0.1, 0.15) is 6.61 Å². The molecule has 2 amide bonds. The minimum atomic E-state index is -0.162. The second-order valence-electron chi connectivity index (χ2n) is 9.03. The number of rotatable bonds is 8. The molecule has 2 aliphatic heterocycles. The summed E-state index contributed by atoms with van der Waals surface area (Å²) in [6, 6.07) is 7.29. The molecule has 1 unspecified atom stereocenters. The van der Waals surface area contributed by atoms with Gasteiger partial charge in [-0.05, 0) is 68.3 Å². The van der Waals surface area contributed by atoms with Crippen LogP contribution >= 0.6 is 0 Å². The SMILES string of the molecule is NCc1ccc(C(=O)NCC2CN(CC3CCN(CC4CC4)CC3)C(=O)CO2)cc1. The summed E-state index contributed by atoms with van der Waals surface area (Å²) < 4.78 is 5.67. The van der Waals surface area contributed by atoms with Crippen molar-refractivity contribution in [3.05, 3.63) is 35.4 Å². The van der Waals surface area contributed by atoms with Crippen LogP contribution in [0.3, 0.4) is 0 Å². The summed E-state index contributed by atoms with van der Waals surface area (Å²) in [5, 5.41) is 2.94. The third kappa shape index (κ3) is 5.80. The summed E-state index contributed by atoms with van der Waals surface area (Å²) >= 11 is 0. The molecule has 1 atom stereocenters. The van der Waals surface area contributed by atoms with Crippen molar-refractivity contribution in [2.75, 3.05) is 45.9 Å². The third-order valence-electron chi connectivity index (χ3n) is 6.56. The first kappa shape index (κ1) is 21.3. The molecule has 3 N–H and O–H groups in total. The smallest absolute Gasteiger partial charge is 0.251 e. The predicted molar refractivity (Wildman–Crippen MR) is 115 cm³/mol. The Morgan fingerprint density at radius 1 is 1.07 bits per heavy atom. The van der Waals surface area contributed by atoms with Gasteiger partial charge in [-0.3, -0.25) is 9.59 Å². The summed E-state index contributed by atoms with van der Waals surface area (Å²) in [7, 11) is 0. The zero-order chi connectivity index (χ0) is 20.9. The molecular weight excluding hydrogens is 380 g/mol. The topological polar surface area (TPSA) is 87.9 Å². The van der Waals surface area contributed by atoms with Crippen LogP contribution in [0.1, 0.15) is 41.6 Å². The Balaban J connectivity index is 1.21. The molecule has 1 saturated carbocycles. The third-order valence-corrected chi connectivity index (χ3v) is 6.56.